The van der Waals surface area contributed by atoms with Gasteiger partial charge in [0.25, 0.3) is 0 Å². The van der Waals surface area contributed by atoms with Crippen LogP contribution < -0.4 is 5.73 Å². The van der Waals surface area contributed by atoms with E-state index >= 15 is 0 Å². The third-order valence-corrected chi connectivity index (χ3v) is 4.80. The lowest BCUT2D eigenvalue weighted by Gasteiger charge is -2.21. The van der Waals surface area contributed by atoms with Gasteiger partial charge in [-0.1, -0.05) is 44.2 Å². The molecule has 0 aliphatic carbocycles. The van der Waals surface area contributed by atoms with Gasteiger partial charge in [0.05, 0.1) is 5.75 Å². The third kappa shape index (κ3) is 3.80. The van der Waals surface area contributed by atoms with Crippen LogP contribution in [0.1, 0.15) is 25.5 Å². The Bertz CT molecular complexity index is 427. The van der Waals surface area contributed by atoms with Crippen molar-refractivity contribution in [3.63, 3.8) is 0 Å². The SMILES string of the molecule is CCN(CC)S(=O)(=O)CC(N)c1ccccc1. The summed E-state index contributed by atoms with van der Waals surface area (Å²) in [5.74, 6) is -0.0430. The molecule has 0 amide bonds. The summed E-state index contributed by atoms with van der Waals surface area (Å²) < 4.78 is 25.5. The molecular weight excluding hydrogens is 236 g/mol. The van der Waals surface area contributed by atoms with E-state index in [0.29, 0.717) is 13.1 Å². The van der Waals surface area contributed by atoms with Gasteiger partial charge in [-0.2, -0.15) is 0 Å². The van der Waals surface area contributed by atoms with E-state index in [1.807, 2.05) is 44.2 Å². The van der Waals surface area contributed by atoms with Crippen LogP contribution in [-0.4, -0.2) is 31.6 Å². The second-order valence-electron chi connectivity index (χ2n) is 3.88. The third-order valence-electron chi connectivity index (χ3n) is 2.72. The van der Waals surface area contributed by atoms with Gasteiger partial charge in [0.15, 0.2) is 0 Å². The van der Waals surface area contributed by atoms with Crippen LogP contribution in [0.3, 0.4) is 0 Å². The van der Waals surface area contributed by atoms with Crippen molar-refractivity contribution in [2.45, 2.75) is 19.9 Å². The monoisotopic (exact) mass is 256 g/mol. The zero-order chi connectivity index (χ0) is 12.9. The van der Waals surface area contributed by atoms with Crippen molar-refractivity contribution in [2.75, 3.05) is 18.8 Å². The Hall–Kier alpha value is -0.910. The average molecular weight is 256 g/mol. The van der Waals surface area contributed by atoms with Gasteiger partial charge < -0.3 is 5.73 Å². The van der Waals surface area contributed by atoms with Gasteiger partial charge in [0.1, 0.15) is 0 Å². The standard InChI is InChI=1S/C12H20N2O2S/c1-3-14(4-2)17(15,16)10-12(13)11-8-6-5-7-9-11/h5-9,12H,3-4,10,13H2,1-2H3. The van der Waals surface area contributed by atoms with Gasteiger partial charge in [-0.15, -0.1) is 0 Å². The molecule has 0 saturated heterocycles. The molecule has 4 nitrogen and oxygen atoms in total. The van der Waals surface area contributed by atoms with E-state index in [9.17, 15) is 8.42 Å². The lowest BCUT2D eigenvalue weighted by Crippen LogP contribution is -2.36. The Labute approximate surface area is 103 Å². The fourth-order valence-corrected chi connectivity index (χ4v) is 3.39. The second-order valence-corrected chi connectivity index (χ2v) is 5.89. The summed E-state index contributed by atoms with van der Waals surface area (Å²) in [5.41, 5.74) is 6.77. The van der Waals surface area contributed by atoms with Gasteiger partial charge in [-0.25, -0.2) is 12.7 Å². The smallest absolute Gasteiger partial charge is 0.215 e. The topological polar surface area (TPSA) is 63.4 Å². The highest BCUT2D eigenvalue weighted by Crippen LogP contribution is 2.14. The van der Waals surface area contributed by atoms with E-state index in [0.717, 1.165) is 5.56 Å². The van der Waals surface area contributed by atoms with E-state index in [1.165, 1.54) is 4.31 Å². The number of nitrogens with zero attached hydrogens (tertiary/aromatic N) is 1. The van der Waals surface area contributed by atoms with Crippen LogP contribution in [0.5, 0.6) is 0 Å². The maximum Gasteiger partial charge on any atom is 0.215 e. The van der Waals surface area contributed by atoms with Crippen molar-refractivity contribution in [2.24, 2.45) is 5.73 Å². The molecule has 0 heterocycles. The minimum atomic E-state index is -3.26. The summed E-state index contributed by atoms with van der Waals surface area (Å²) in [6, 6.07) is 8.83. The minimum Gasteiger partial charge on any atom is -0.323 e. The largest absolute Gasteiger partial charge is 0.323 e. The highest BCUT2D eigenvalue weighted by molar-refractivity contribution is 7.89. The predicted octanol–water partition coefficient (Wildman–Crippen LogP) is 1.36. The molecule has 0 saturated carbocycles. The predicted molar refractivity (Wildman–Crippen MR) is 70.1 cm³/mol. The van der Waals surface area contributed by atoms with Gasteiger partial charge in [-0.3, -0.25) is 0 Å². The summed E-state index contributed by atoms with van der Waals surface area (Å²) in [6.45, 7) is 4.63. The van der Waals surface area contributed by atoms with Crippen molar-refractivity contribution in [3.05, 3.63) is 35.9 Å². The molecule has 1 aromatic rings. The van der Waals surface area contributed by atoms with E-state index in [4.69, 9.17) is 5.73 Å². The average Bonchev–Trinajstić information content (AvgIpc) is 2.30. The summed E-state index contributed by atoms with van der Waals surface area (Å²) in [6.07, 6.45) is 0. The van der Waals surface area contributed by atoms with Crippen LogP contribution in [0.4, 0.5) is 0 Å². The molecule has 2 N–H and O–H groups in total. The van der Waals surface area contributed by atoms with E-state index in [1.54, 1.807) is 0 Å². The molecule has 0 spiro atoms. The summed E-state index contributed by atoms with van der Waals surface area (Å²) in [7, 11) is -3.26. The molecular formula is C12H20N2O2S. The highest BCUT2D eigenvalue weighted by atomic mass is 32.2. The second kappa shape index (κ2) is 6.14. The summed E-state index contributed by atoms with van der Waals surface area (Å²) >= 11 is 0. The molecule has 0 aromatic heterocycles. The number of sulfonamides is 1. The van der Waals surface area contributed by atoms with Crippen LogP contribution >= 0.6 is 0 Å². The van der Waals surface area contributed by atoms with Gasteiger partial charge in [0.2, 0.25) is 10.0 Å². The van der Waals surface area contributed by atoms with Crippen molar-refractivity contribution >= 4 is 10.0 Å². The van der Waals surface area contributed by atoms with Crippen LogP contribution in [0.25, 0.3) is 0 Å². The van der Waals surface area contributed by atoms with E-state index in [2.05, 4.69) is 0 Å². The number of hydrogen-bond acceptors (Lipinski definition) is 3. The Morgan fingerprint density at radius 3 is 2.18 bits per heavy atom. The number of rotatable bonds is 6. The molecule has 0 radical (unpaired) electrons. The van der Waals surface area contributed by atoms with Crippen LogP contribution in [0, 0.1) is 0 Å². The Balaban J connectivity index is 2.78. The first kappa shape index (κ1) is 14.2. The maximum absolute atomic E-state index is 12.0. The molecule has 17 heavy (non-hydrogen) atoms. The van der Waals surface area contributed by atoms with Crippen molar-refractivity contribution in [1.82, 2.24) is 4.31 Å². The zero-order valence-electron chi connectivity index (χ0n) is 10.3. The van der Waals surface area contributed by atoms with Crippen LogP contribution in [0.15, 0.2) is 30.3 Å². The number of benzene rings is 1. The normalized spacial score (nSPS) is 13.9. The van der Waals surface area contributed by atoms with E-state index < -0.39 is 16.1 Å². The van der Waals surface area contributed by atoms with Gasteiger partial charge >= 0.3 is 0 Å². The van der Waals surface area contributed by atoms with Gasteiger partial charge in [0, 0.05) is 19.1 Å². The molecule has 1 unspecified atom stereocenters. The van der Waals surface area contributed by atoms with Crippen molar-refractivity contribution in [1.29, 1.82) is 0 Å². The highest BCUT2D eigenvalue weighted by Gasteiger charge is 2.22. The fourth-order valence-electron chi connectivity index (χ4n) is 1.75. The first-order valence-corrected chi connectivity index (χ1v) is 7.40. The van der Waals surface area contributed by atoms with Crippen molar-refractivity contribution in [3.8, 4) is 0 Å². The Kier molecular flexibility index (Phi) is 5.11. The molecule has 1 aromatic carbocycles. The van der Waals surface area contributed by atoms with Gasteiger partial charge in [-0.05, 0) is 5.56 Å². The summed E-state index contributed by atoms with van der Waals surface area (Å²) in [5, 5.41) is 0. The molecule has 5 heteroatoms. The fraction of sp³-hybridized carbons (Fsp3) is 0.500. The first-order chi connectivity index (χ1) is 8.01. The number of hydrogen-bond donors (Lipinski definition) is 1. The Morgan fingerprint density at radius 2 is 1.71 bits per heavy atom. The zero-order valence-corrected chi connectivity index (χ0v) is 11.2. The van der Waals surface area contributed by atoms with Crippen LogP contribution in [0.2, 0.25) is 0 Å². The molecule has 1 rings (SSSR count). The van der Waals surface area contributed by atoms with Crippen LogP contribution in [-0.2, 0) is 10.0 Å². The molecule has 0 aliphatic heterocycles. The maximum atomic E-state index is 12.0. The Morgan fingerprint density at radius 1 is 1.18 bits per heavy atom. The molecule has 0 aliphatic rings. The quantitative estimate of drug-likeness (QED) is 0.836. The lowest BCUT2D eigenvalue weighted by molar-refractivity contribution is 0.442. The molecule has 0 fully saturated rings. The lowest BCUT2D eigenvalue weighted by atomic mass is 10.1. The first-order valence-electron chi connectivity index (χ1n) is 5.79. The van der Waals surface area contributed by atoms with E-state index in [-0.39, 0.29) is 5.75 Å². The van der Waals surface area contributed by atoms with Crippen molar-refractivity contribution < 1.29 is 8.42 Å². The molecule has 96 valence electrons. The molecule has 0 bridgehead atoms. The molecule has 1 atom stereocenters. The minimum absolute atomic E-state index is 0.0430. The number of nitrogens with two attached hydrogens (primary N) is 1. The summed E-state index contributed by atoms with van der Waals surface area (Å²) in [4.78, 5) is 0.